The maximum absolute atomic E-state index is 12.5. The summed E-state index contributed by atoms with van der Waals surface area (Å²) >= 11 is 11.5. The van der Waals surface area contributed by atoms with Gasteiger partial charge in [0.2, 0.25) is 5.95 Å². The van der Waals surface area contributed by atoms with Crippen LogP contribution in [0.4, 0.5) is 19.1 Å². The molecule has 106 valence electrons. The number of anilines is 1. The van der Waals surface area contributed by atoms with E-state index in [2.05, 4.69) is 4.98 Å². The summed E-state index contributed by atoms with van der Waals surface area (Å²) < 4.78 is 38.3. The fourth-order valence-corrected chi connectivity index (χ4v) is 2.09. The summed E-state index contributed by atoms with van der Waals surface area (Å²) in [7, 11) is 0. The van der Waals surface area contributed by atoms with Crippen LogP contribution in [0.2, 0.25) is 10.0 Å². The van der Waals surface area contributed by atoms with Crippen LogP contribution in [0.15, 0.2) is 29.1 Å². The van der Waals surface area contributed by atoms with E-state index in [1.54, 1.807) is 0 Å². The van der Waals surface area contributed by atoms with Gasteiger partial charge in [0.25, 0.3) is 5.56 Å². The first kappa shape index (κ1) is 14.7. The van der Waals surface area contributed by atoms with Crippen LogP contribution in [0.25, 0.3) is 5.69 Å². The third-order valence-corrected chi connectivity index (χ3v) is 2.78. The molecule has 0 aliphatic heterocycles. The number of halogens is 5. The topological polar surface area (TPSA) is 60.9 Å². The summed E-state index contributed by atoms with van der Waals surface area (Å²) in [4.78, 5) is 15.0. The van der Waals surface area contributed by atoms with Crippen LogP contribution in [-0.4, -0.2) is 9.55 Å². The second-order valence-corrected chi connectivity index (χ2v) is 4.67. The van der Waals surface area contributed by atoms with E-state index in [0.717, 1.165) is 4.57 Å². The van der Waals surface area contributed by atoms with Gasteiger partial charge in [-0.05, 0) is 18.2 Å². The molecule has 0 saturated carbocycles. The van der Waals surface area contributed by atoms with Gasteiger partial charge in [-0.15, -0.1) is 0 Å². The lowest BCUT2D eigenvalue weighted by molar-refractivity contribution is -0.141. The molecule has 0 amide bonds. The highest BCUT2D eigenvalue weighted by Crippen LogP contribution is 2.28. The average molecular weight is 324 g/mol. The lowest BCUT2D eigenvalue weighted by atomic mass is 10.3. The predicted molar refractivity (Wildman–Crippen MR) is 69.3 cm³/mol. The molecule has 20 heavy (non-hydrogen) atoms. The van der Waals surface area contributed by atoms with Crippen molar-refractivity contribution in [2.75, 3.05) is 5.73 Å². The monoisotopic (exact) mass is 323 g/mol. The highest BCUT2D eigenvalue weighted by molar-refractivity contribution is 6.34. The van der Waals surface area contributed by atoms with Crippen LogP contribution in [-0.2, 0) is 6.18 Å². The fraction of sp³-hybridized carbons (Fsp3) is 0.0909. The number of aromatic nitrogens is 2. The molecule has 0 fully saturated rings. The minimum atomic E-state index is -4.75. The molecule has 9 heteroatoms. The zero-order chi connectivity index (χ0) is 15.1. The normalized spacial score (nSPS) is 11.7. The number of hydrogen-bond acceptors (Lipinski definition) is 3. The Labute approximate surface area is 120 Å². The number of nitrogen functional groups attached to an aromatic ring is 1. The molecule has 4 nitrogen and oxygen atoms in total. The van der Waals surface area contributed by atoms with Crippen molar-refractivity contribution in [2.24, 2.45) is 0 Å². The first-order valence-electron chi connectivity index (χ1n) is 5.12. The SMILES string of the molecule is Nc1nc(C(F)(F)F)cc(=O)n1-c1cc(Cl)cc(Cl)c1. The van der Waals surface area contributed by atoms with Crippen molar-refractivity contribution < 1.29 is 13.2 Å². The third-order valence-electron chi connectivity index (χ3n) is 2.34. The smallest absolute Gasteiger partial charge is 0.369 e. The molecule has 1 heterocycles. The van der Waals surface area contributed by atoms with E-state index in [1.165, 1.54) is 18.2 Å². The Morgan fingerprint density at radius 3 is 2.10 bits per heavy atom. The highest BCUT2D eigenvalue weighted by atomic mass is 35.5. The van der Waals surface area contributed by atoms with Crippen molar-refractivity contribution in [1.82, 2.24) is 9.55 Å². The number of nitrogens with two attached hydrogens (primary N) is 1. The number of benzene rings is 1. The van der Waals surface area contributed by atoms with E-state index < -0.39 is 23.4 Å². The third kappa shape index (κ3) is 2.88. The molecular formula is C11H6Cl2F3N3O. The first-order valence-corrected chi connectivity index (χ1v) is 5.87. The van der Waals surface area contributed by atoms with Crippen molar-refractivity contribution in [2.45, 2.75) is 6.18 Å². The maximum Gasteiger partial charge on any atom is 0.433 e. The summed E-state index contributed by atoms with van der Waals surface area (Å²) in [5.74, 6) is -0.608. The van der Waals surface area contributed by atoms with E-state index >= 15 is 0 Å². The van der Waals surface area contributed by atoms with Crippen LogP contribution in [0.3, 0.4) is 0 Å². The van der Waals surface area contributed by atoms with E-state index in [1.807, 2.05) is 0 Å². The lowest BCUT2D eigenvalue weighted by Crippen LogP contribution is -2.25. The Kier molecular flexibility index (Phi) is 3.66. The Hall–Kier alpha value is -1.73. The van der Waals surface area contributed by atoms with Gasteiger partial charge >= 0.3 is 6.18 Å². The van der Waals surface area contributed by atoms with Gasteiger partial charge in [-0.1, -0.05) is 23.2 Å². The van der Waals surface area contributed by atoms with Crippen LogP contribution in [0.1, 0.15) is 5.69 Å². The molecule has 2 N–H and O–H groups in total. The number of alkyl halides is 3. The Balaban J connectivity index is 2.67. The molecule has 0 radical (unpaired) electrons. The average Bonchev–Trinajstić information content (AvgIpc) is 2.25. The van der Waals surface area contributed by atoms with Gasteiger partial charge in [0.05, 0.1) is 5.69 Å². The van der Waals surface area contributed by atoms with Gasteiger partial charge in [0.15, 0.2) is 5.69 Å². The molecule has 0 atom stereocenters. The minimum Gasteiger partial charge on any atom is -0.369 e. The number of nitrogens with zero attached hydrogens (tertiary/aromatic N) is 2. The standard InChI is InChI=1S/C11H6Cl2F3N3O/c12-5-1-6(13)3-7(2-5)19-9(20)4-8(11(14,15)16)18-10(19)17/h1-4H,(H2,17,18). The summed E-state index contributed by atoms with van der Waals surface area (Å²) in [6.07, 6.45) is -4.75. The molecule has 1 aromatic carbocycles. The van der Waals surface area contributed by atoms with Gasteiger partial charge in [-0.2, -0.15) is 13.2 Å². The molecule has 2 rings (SSSR count). The summed E-state index contributed by atoms with van der Waals surface area (Å²) in [6.45, 7) is 0. The van der Waals surface area contributed by atoms with Crippen molar-refractivity contribution in [1.29, 1.82) is 0 Å². The van der Waals surface area contributed by atoms with E-state index in [4.69, 9.17) is 28.9 Å². The van der Waals surface area contributed by atoms with Crippen molar-refractivity contribution in [3.63, 3.8) is 0 Å². The van der Waals surface area contributed by atoms with E-state index in [9.17, 15) is 18.0 Å². The van der Waals surface area contributed by atoms with E-state index in [0.29, 0.717) is 6.07 Å². The second kappa shape index (κ2) is 4.99. The van der Waals surface area contributed by atoms with Gasteiger partial charge < -0.3 is 5.73 Å². The molecule has 0 unspecified atom stereocenters. The van der Waals surface area contributed by atoms with Crippen molar-refractivity contribution in [3.8, 4) is 5.69 Å². The maximum atomic E-state index is 12.5. The Morgan fingerprint density at radius 2 is 1.65 bits per heavy atom. The number of rotatable bonds is 1. The highest BCUT2D eigenvalue weighted by Gasteiger charge is 2.34. The molecule has 0 aliphatic carbocycles. The number of hydrogen-bond donors (Lipinski definition) is 1. The van der Waals surface area contributed by atoms with Gasteiger partial charge in [-0.25, -0.2) is 9.55 Å². The minimum absolute atomic E-state index is 0.131. The zero-order valence-electron chi connectivity index (χ0n) is 9.58. The molecular weight excluding hydrogens is 318 g/mol. The molecule has 0 bridgehead atoms. The predicted octanol–water partition coefficient (Wildman–Crippen LogP) is 3.14. The summed E-state index contributed by atoms with van der Waals surface area (Å²) in [6, 6.07) is 4.43. The fourth-order valence-electron chi connectivity index (χ4n) is 1.57. The molecule has 0 aliphatic rings. The van der Waals surface area contributed by atoms with Crippen LogP contribution in [0, 0.1) is 0 Å². The van der Waals surface area contributed by atoms with E-state index in [-0.39, 0.29) is 15.7 Å². The largest absolute Gasteiger partial charge is 0.433 e. The lowest BCUT2D eigenvalue weighted by Gasteiger charge is -2.12. The van der Waals surface area contributed by atoms with Crippen LogP contribution >= 0.6 is 23.2 Å². The summed E-state index contributed by atoms with van der Waals surface area (Å²) in [5, 5.41) is 0.414. The summed E-state index contributed by atoms with van der Waals surface area (Å²) in [5.41, 5.74) is 3.21. The van der Waals surface area contributed by atoms with Gasteiger partial charge in [0, 0.05) is 16.1 Å². The molecule has 0 spiro atoms. The Morgan fingerprint density at radius 1 is 1.10 bits per heavy atom. The van der Waals surface area contributed by atoms with Gasteiger partial charge in [-0.3, -0.25) is 4.79 Å². The van der Waals surface area contributed by atoms with Crippen LogP contribution < -0.4 is 11.3 Å². The molecule has 2 aromatic rings. The van der Waals surface area contributed by atoms with Crippen molar-refractivity contribution in [3.05, 3.63) is 50.4 Å². The zero-order valence-corrected chi connectivity index (χ0v) is 11.1. The first-order chi connectivity index (χ1) is 9.18. The van der Waals surface area contributed by atoms with Crippen molar-refractivity contribution >= 4 is 29.2 Å². The second-order valence-electron chi connectivity index (χ2n) is 3.80. The Bertz CT molecular complexity index is 708. The van der Waals surface area contributed by atoms with Gasteiger partial charge in [0.1, 0.15) is 0 Å². The van der Waals surface area contributed by atoms with Crippen LogP contribution in [0.5, 0.6) is 0 Å². The quantitative estimate of drug-likeness (QED) is 0.877. The molecule has 0 saturated heterocycles. The molecule has 1 aromatic heterocycles.